The SMILES string of the molecule is c1ccc(-c2ccc(-c3ccc(N(c4ccccc4)c4ccc5c(c4)sc4cc(-n6c7ccccc7c7ccccc76)ccc45)cc3)cc2)cc1. The summed E-state index contributed by atoms with van der Waals surface area (Å²) in [7, 11) is 0. The van der Waals surface area contributed by atoms with Crippen molar-refractivity contribution in [2.75, 3.05) is 4.90 Å². The van der Waals surface area contributed by atoms with Gasteiger partial charge < -0.3 is 9.47 Å². The maximum atomic E-state index is 2.40. The lowest BCUT2D eigenvalue weighted by Crippen LogP contribution is -2.09. The number of thiophene rings is 1. The molecule has 0 saturated carbocycles. The lowest BCUT2D eigenvalue weighted by atomic mass is 10.00. The molecule has 0 aliphatic carbocycles. The molecule has 10 rings (SSSR count). The van der Waals surface area contributed by atoms with Gasteiger partial charge in [0.1, 0.15) is 0 Å². The van der Waals surface area contributed by atoms with Gasteiger partial charge in [-0.25, -0.2) is 0 Å². The quantitative estimate of drug-likeness (QED) is 0.171. The molecular formula is C48H32N2S. The van der Waals surface area contributed by atoms with Crippen LogP contribution >= 0.6 is 11.3 Å². The van der Waals surface area contributed by atoms with Crippen LogP contribution in [0.1, 0.15) is 0 Å². The third kappa shape index (κ3) is 5.10. The van der Waals surface area contributed by atoms with Crippen LogP contribution in [0.25, 0.3) is 69.9 Å². The minimum atomic E-state index is 1.12. The van der Waals surface area contributed by atoms with Gasteiger partial charge in [-0.1, -0.05) is 133 Å². The van der Waals surface area contributed by atoms with Gasteiger partial charge in [0.25, 0.3) is 0 Å². The lowest BCUT2D eigenvalue weighted by molar-refractivity contribution is 1.19. The zero-order valence-electron chi connectivity index (χ0n) is 27.8. The van der Waals surface area contributed by atoms with E-state index in [2.05, 4.69) is 204 Å². The molecule has 0 atom stereocenters. The number of para-hydroxylation sites is 3. The van der Waals surface area contributed by atoms with Gasteiger partial charge in [0.2, 0.25) is 0 Å². The monoisotopic (exact) mass is 668 g/mol. The normalized spacial score (nSPS) is 11.5. The van der Waals surface area contributed by atoms with Gasteiger partial charge in [-0.3, -0.25) is 0 Å². The molecule has 0 N–H and O–H groups in total. The summed E-state index contributed by atoms with van der Waals surface area (Å²) in [6.07, 6.45) is 0. The van der Waals surface area contributed by atoms with Crippen LogP contribution in [0.4, 0.5) is 17.1 Å². The number of aromatic nitrogens is 1. The van der Waals surface area contributed by atoms with Crippen molar-refractivity contribution in [3.8, 4) is 27.9 Å². The third-order valence-corrected chi connectivity index (χ3v) is 11.1. The first-order chi connectivity index (χ1) is 25.3. The average molecular weight is 669 g/mol. The van der Waals surface area contributed by atoms with E-state index in [9.17, 15) is 0 Å². The molecule has 240 valence electrons. The van der Waals surface area contributed by atoms with Gasteiger partial charge in [0.15, 0.2) is 0 Å². The Kier molecular flexibility index (Phi) is 7.04. The number of hydrogen-bond acceptors (Lipinski definition) is 2. The number of anilines is 3. The van der Waals surface area contributed by atoms with E-state index < -0.39 is 0 Å². The van der Waals surface area contributed by atoms with E-state index in [1.54, 1.807) is 0 Å². The average Bonchev–Trinajstić information content (AvgIpc) is 3.74. The van der Waals surface area contributed by atoms with Crippen molar-refractivity contribution in [3.05, 3.63) is 194 Å². The van der Waals surface area contributed by atoms with Crippen molar-refractivity contribution in [1.82, 2.24) is 4.57 Å². The van der Waals surface area contributed by atoms with Crippen LogP contribution in [0.2, 0.25) is 0 Å². The summed E-state index contributed by atoms with van der Waals surface area (Å²) in [6, 6.07) is 70.3. The molecule has 10 aromatic rings. The molecule has 0 aliphatic rings. The summed E-state index contributed by atoms with van der Waals surface area (Å²) < 4.78 is 4.96. The van der Waals surface area contributed by atoms with Crippen LogP contribution in [0.15, 0.2) is 194 Å². The molecule has 0 fully saturated rings. The second-order valence-corrected chi connectivity index (χ2v) is 14.1. The molecule has 0 bridgehead atoms. The molecule has 2 nitrogen and oxygen atoms in total. The summed E-state index contributed by atoms with van der Waals surface area (Å²) in [5.41, 5.74) is 11.9. The zero-order chi connectivity index (χ0) is 33.7. The maximum absolute atomic E-state index is 2.40. The fraction of sp³-hybridized carbons (Fsp3) is 0. The van der Waals surface area contributed by atoms with Crippen LogP contribution < -0.4 is 4.90 Å². The zero-order valence-corrected chi connectivity index (χ0v) is 28.6. The second kappa shape index (κ2) is 12.2. The molecule has 0 spiro atoms. The van der Waals surface area contributed by atoms with Crippen molar-refractivity contribution < 1.29 is 0 Å². The van der Waals surface area contributed by atoms with Gasteiger partial charge in [0.05, 0.1) is 11.0 Å². The van der Waals surface area contributed by atoms with Crippen molar-refractivity contribution in [2.24, 2.45) is 0 Å². The Hall–Kier alpha value is -6.42. The molecule has 0 saturated heterocycles. The first-order valence-corrected chi connectivity index (χ1v) is 18.2. The number of rotatable bonds is 6. The van der Waals surface area contributed by atoms with Gasteiger partial charge in [-0.2, -0.15) is 0 Å². The first-order valence-electron chi connectivity index (χ1n) is 17.3. The van der Waals surface area contributed by atoms with Crippen molar-refractivity contribution in [2.45, 2.75) is 0 Å². The summed E-state index contributed by atoms with van der Waals surface area (Å²) in [6.45, 7) is 0. The van der Waals surface area contributed by atoms with E-state index in [0.717, 1.165) is 17.1 Å². The van der Waals surface area contributed by atoms with E-state index in [0.29, 0.717) is 0 Å². The predicted molar refractivity (Wildman–Crippen MR) is 219 cm³/mol. The highest BCUT2D eigenvalue weighted by Crippen LogP contribution is 2.42. The Morgan fingerprint density at radius 3 is 1.41 bits per heavy atom. The molecule has 2 aromatic heterocycles. The molecule has 8 aromatic carbocycles. The Bertz CT molecular complexity index is 2780. The smallest absolute Gasteiger partial charge is 0.0541 e. The number of hydrogen-bond donors (Lipinski definition) is 0. The molecule has 0 unspecified atom stereocenters. The Morgan fingerprint density at radius 2 is 0.784 bits per heavy atom. The van der Waals surface area contributed by atoms with Crippen molar-refractivity contribution in [1.29, 1.82) is 0 Å². The third-order valence-electron chi connectivity index (χ3n) is 10.0. The Balaban J connectivity index is 1.03. The van der Waals surface area contributed by atoms with Gasteiger partial charge in [-0.05, 0) is 82.9 Å². The fourth-order valence-electron chi connectivity index (χ4n) is 7.55. The molecule has 51 heavy (non-hydrogen) atoms. The van der Waals surface area contributed by atoms with Crippen LogP contribution in [-0.4, -0.2) is 4.57 Å². The molecule has 0 aliphatic heterocycles. The Morgan fingerprint density at radius 1 is 0.333 bits per heavy atom. The largest absolute Gasteiger partial charge is 0.310 e. The van der Waals surface area contributed by atoms with Crippen LogP contribution in [0.3, 0.4) is 0 Å². The van der Waals surface area contributed by atoms with E-state index in [-0.39, 0.29) is 0 Å². The fourth-order valence-corrected chi connectivity index (χ4v) is 8.72. The molecule has 0 amide bonds. The van der Waals surface area contributed by atoms with Crippen molar-refractivity contribution in [3.63, 3.8) is 0 Å². The molecule has 0 radical (unpaired) electrons. The van der Waals surface area contributed by atoms with E-state index in [4.69, 9.17) is 0 Å². The highest BCUT2D eigenvalue weighted by molar-refractivity contribution is 7.25. The highest BCUT2D eigenvalue weighted by Gasteiger charge is 2.17. The number of benzene rings is 8. The topological polar surface area (TPSA) is 8.17 Å². The van der Waals surface area contributed by atoms with E-state index in [1.165, 1.54) is 69.9 Å². The van der Waals surface area contributed by atoms with Crippen LogP contribution in [0.5, 0.6) is 0 Å². The molecule has 3 heteroatoms. The summed E-state index contributed by atoms with van der Waals surface area (Å²) in [5, 5.41) is 5.14. The summed E-state index contributed by atoms with van der Waals surface area (Å²) in [4.78, 5) is 2.36. The molecular weight excluding hydrogens is 637 g/mol. The summed E-state index contributed by atoms with van der Waals surface area (Å²) in [5.74, 6) is 0. The van der Waals surface area contributed by atoms with E-state index in [1.807, 2.05) is 11.3 Å². The number of fused-ring (bicyclic) bond motifs is 6. The van der Waals surface area contributed by atoms with E-state index >= 15 is 0 Å². The van der Waals surface area contributed by atoms with Crippen molar-refractivity contribution >= 4 is 70.4 Å². The number of nitrogens with zero attached hydrogens (tertiary/aromatic N) is 2. The standard InChI is InChI=1S/C48H32N2S/c1-3-11-33(12-4-1)34-19-21-35(22-20-34)36-23-25-38(26-24-36)49(37-13-5-2-6-14-37)39-27-29-43-44-30-28-40(32-48(44)51-47(43)31-39)50-45-17-9-7-15-41(45)42-16-8-10-18-46(42)50/h1-32H. The minimum absolute atomic E-state index is 1.12. The predicted octanol–water partition coefficient (Wildman–Crippen LogP) is 14.0. The Labute approximate surface area is 300 Å². The molecule has 2 heterocycles. The first kappa shape index (κ1) is 29.5. The van der Waals surface area contributed by atoms with Crippen LogP contribution in [-0.2, 0) is 0 Å². The second-order valence-electron chi connectivity index (χ2n) is 13.0. The summed E-state index contributed by atoms with van der Waals surface area (Å²) >= 11 is 1.87. The van der Waals surface area contributed by atoms with Crippen LogP contribution in [0, 0.1) is 0 Å². The van der Waals surface area contributed by atoms with Gasteiger partial charge in [-0.15, -0.1) is 11.3 Å². The van der Waals surface area contributed by atoms with Gasteiger partial charge >= 0.3 is 0 Å². The highest BCUT2D eigenvalue weighted by atomic mass is 32.1. The minimum Gasteiger partial charge on any atom is -0.310 e. The lowest BCUT2D eigenvalue weighted by Gasteiger charge is -2.25. The maximum Gasteiger partial charge on any atom is 0.0541 e. The van der Waals surface area contributed by atoms with Gasteiger partial charge in [0, 0.05) is 53.7 Å².